The third-order valence-electron chi connectivity index (χ3n) is 4.64. The molecule has 25 heavy (non-hydrogen) atoms. The minimum atomic E-state index is 0.00301. The Morgan fingerprint density at radius 3 is 2.88 bits per heavy atom. The highest BCUT2D eigenvalue weighted by Gasteiger charge is 2.19. The zero-order valence-corrected chi connectivity index (χ0v) is 13.6. The summed E-state index contributed by atoms with van der Waals surface area (Å²) in [7, 11) is 1.89. The van der Waals surface area contributed by atoms with Crippen LogP contribution in [0.3, 0.4) is 0 Å². The quantitative estimate of drug-likeness (QED) is 0.594. The largest absolute Gasteiger partial charge is 0.348 e. The van der Waals surface area contributed by atoms with E-state index in [1.807, 2.05) is 43.8 Å². The molecule has 6 heteroatoms. The highest BCUT2D eigenvalue weighted by Crippen LogP contribution is 2.31. The van der Waals surface area contributed by atoms with Crippen LogP contribution in [-0.4, -0.2) is 25.7 Å². The van der Waals surface area contributed by atoms with Crippen LogP contribution in [0.5, 0.6) is 0 Å². The lowest BCUT2D eigenvalue weighted by Gasteiger charge is -2.03. The molecule has 4 heterocycles. The molecule has 1 aromatic carbocycles. The molecule has 6 nitrogen and oxygen atoms in total. The molecule has 0 unspecified atom stereocenters. The molecule has 0 atom stereocenters. The van der Waals surface area contributed by atoms with Gasteiger partial charge in [-0.05, 0) is 35.4 Å². The molecular formula is C19H15N5O. The van der Waals surface area contributed by atoms with Crippen molar-refractivity contribution in [3.05, 3.63) is 60.0 Å². The second kappa shape index (κ2) is 5.04. The second-order valence-corrected chi connectivity index (χ2v) is 6.25. The molecule has 122 valence electrons. The molecule has 0 fully saturated rings. The van der Waals surface area contributed by atoms with Gasteiger partial charge in [-0.2, -0.15) is 5.10 Å². The number of carbonyl (C=O) groups is 1. The van der Waals surface area contributed by atoms with Gasteiger partial charge in [0.2, 0.25) is 0 Å². The minimum Gasteiger partial charge on any atom is -0.348 e. The van der Waals surface area contributed by atoms with E-state index in [9.17, 15) is 4.79 Å². The monoisotopic (exact) mass is 329 g/mol. The number of aromatic nitrogens is 4. The van der Waals surface area contributed by atoms with Gasteiger partial charge in [-0.25, -0.2) is 4.98 Å². The van der Waals surface area contributed by atoms with E-state index in [0.717, 1.165) is 44.5 Å². The Hall–Kier alpha value is -3.41. The van der Waals surface area contributed by atoms with Crippen LogP contribution in [-0.2, 0) is 13.6 Å². The maximum absolute atomic E-state index is 11.7. The number of pyridine rings is 1. The minimum absolute atomic E-state index is 0.00301. The van der Waals surface area contributed by atoms with E-state index in [1.54, 1.807) is 4.68 Å². The Labute approximate surface area is 143 Å². The lowest BCUT2D eigenvalue weighted by atomic mass is 10.0. The first kappa shape index (κ1) is 14.0. The van der Waals surface area contributed by atoms with Gasteiger partial charge < -0.3 is 10.3 Å². The van der Waals surface area contributed by atoms with Gasteiger partial charge in [0.25, 0.3) is 5.91 Å². The zero-order valence-electron chi connectivity index (χ0n) is 13.6. The van der Waals surface area contributed by atoms with Crippen molar-refractivity contribution in [2.24, 2.45) is 7.05 Å². The van der Waals surface area contributed by atoms with Gasteiger partial charge in [-0.15, -0.1) is 0 Å². The zero-order chi connectivity index (χ0) is 17.0. The number of nitrogens with one attached hydrogen (secondary N) is 2. The predicted molar refractivity (Wildman–Crippen MR) is 94.9 cm³/mol. The van der Waals surface area contributed by atoms with Crippen LogP contribution in [0.4, 0.5) is 0 Å². The van der Waals surface area contributed by atoms with Crippen LogP contribution in [0.2, 0.25) is 0 Å². The molecule has 3 aromatic heterocycles. The van der Waals surface area contributed by atoms with Gasteiger partial charge in [0.05, 0.1) is 11.9 Å². The summed E-state index contributed by atoms with van der Waals surface area (Å²) in [5.74, 6) is 0.00301. The van der Waals surface area contributed by atoms with Crippen LogP contribution in [0, 0.1) is 0 Å². The molecule has 0 radical (unpaired) electrons. The van der Waals surface area contributed by atoms with E-state index in [-0.39, 0.29) is 5.91 Å². The van der Waals surface area contributed by atoms with Gasteiger partial charge in [0, 0.05) is 48.1 Å². The number of rotatable bonds is 2. The third kappa shape index (κ3) is 2.15. The maximum atomic E-state index is 11.7. The maximum Gasteiger partial charge on any atom is 0.251 e. The Bertz CT molecular complexity index is 1140. The van der Waals surface area contributed by atoms with Crippen LogP contribution in [0.1, 0.15) is 15.9 Å². The average Bonchev–Trinajstić information content (AvgIpc) is 3.33. The van der Waals surface area contributed by atoms with Crippen molar-refractivity contribution in [3.63, 3.8) is 0 Å². The van der Waals surface area contributed by atoms with Gasteiger partial charge in [0.1, 0.15) is 5.65 Å². The Morgan fingerprint density at radius 2 is 2.04 bits per heavy atom. The fraction of sp³-hybridized carbons (Fsp3) is 0.105. The summed E-state index contributed by atoms with van der Waals surface area (Å²) in [6.07, 6.45) is 5.72. The normalized spacial score (nSPS) is 13.2. The van der Waals surface area contributed by atoms with Crippen molar-refractivity contribution in [1.82, 2.24) is 25.1 Å². The highest BCUT2D eigenvalue weighted by atomic mass is 16.1. The van der Waals surface area contributed by atoms with E-state index >= 15 is 0 Å². The molecule has 0 saturated carbocycles. The van der Waals surface area contributed by atoms with E-state index in [2.05, 4.69) is 27.5 Å². The fourth-order valence-corrected chi connectivity index (χ4v) is 3.36. The van der Waals surface area contributed by atoms with E-state index in [1.165, 1.54) is 0 Å². The molecule has 0 bridgehead atoms. The fourth-order valence-electron chi connectivity index (χ4n) is 3.36. The number of fused-ring (bicyclic) bond motifs is 2. The van der Waals surface area contributed by atoms with E-state index in [0.29, 0.717) is 6.54 Å². The van der Waals surface area contributed by atoms with Gasteiger partial charge in [-0.1, -0.05) is 6.07 Å². The first-order valence-corrected chi connectivity index (χ1v) is 8.08. The van der Waals surface area contributed by atoms with Gasteiger partial charge >= 0.3 is 0 Å². The third-order valence-corrected chi connectivity index (χ3v) is 4.64. The molecule has 4 aromatic rings. The summed E-state index contributed by atoms with van der Waals surface area (Å²) in [6, 6.07) is 10.0. The van der Waals surface area contributed by atoms with Crippen molar-refractivity contribution >= 4 is 16.9 Å². The number of amides is 1. The first-order valence-electron chi connectivity index (χ1n) is 8.08. The molecule has 0 saturated heterocycles. The van der Waals surface area contributed by atoms with Crippen LogP contribution in [0.25, 0.3) is 33.4 Å². The Kier molecular flexibility index (Phi) is 2.82. The second-order valence-electron chi connectivity index (χ2n) is 6.25. The molecule has 1 aliphatic rings. The van der Waals surface area contributed by atoms with Crippen molar-refractivity contribution in [3.8, 4) is 22.4 Å². The number of carbonyl (C=O) groups excluding carboxylic acids is 1. The predicted octanol–water partition coefficient (Wildman–Crippen LogP) is 2.87. The summed E-state index contributed by atoms with van der Waals surface area (Å²) < 4.78 is 1.77. The van der Waals surface area contributed by atoms with Crippen molar-refractivity contribution in [2.75, 3.05) is 0 Å². The average molecular weight is 329 g/mol. The molecule has 0 spiro atoms. The Morgan fingerprint density at radius 1 is 1.12 bits per heavy atom. The van der Waals surface area contributed by atoms with Gasteiger partial charge in [0.15, 0.2) is 0 Å². The first-order chi connectivity index (χ1) is 12.2. The number of H-pyrrole nitrogens is 1. The lowest BCUT2D eigenvalue weighted by molar-refractivity contribution is 0.0966. The summed E-state index contributed by atoms with van der Waals surface area (Å²) in [4.78, 5) is 19.7. The Balaban J connectivity index is 1.60. The number of hydrogen-bond acceptors (Lipinski definition) is 3. The van der Waals surface area contributed by atoms with Gasteiger partial charge in [-0.3, -0.25) is 9.48 Å². The molecule has 1 aliphatic heterocycles. The number of hydrogen-bond donors (Lipinski definition) is 2. The molecule has 5 rings (SSSR count). The number of aryl methyl sites for hydroxylation is 1. The standard InChI is InChI=1S/C19H15N5O/c1-24-10-13(8-22-24)17-5-4-15-16(9-20-18(15)23-17)11-2-3-14-12(6-11)7-21-19(14)25/h2-6,8-10H,7H2,1H3,(H,20,23)(H,21,25). The number of nitrogens with zero attached hydrogens (tertiary/aromatic N) is 3. The highest BCUT2D eigenvalue weighted by molar-refractivity contribution is 6.00. The SMILES string of the molecule is Cn1cc(-c2ccc3c(-c4ccc5c(c4)CNC5=O)c[nH]c3n2)cn1. The summed E-state index contributed by atoms with van der Waals surface area (Å²) in [5.41, 5.74) is 6.68. The van der Waals surface area contributed by atoms with Crippen LogP contribution in [0.15, 0.2) is 48.9 Å². The number of benzene rings is 1. The summed E-state index contributed by atoms with van der Waals surface area (Å²) in [6.45, 7) is 0.591. The molecule has 0 aliphatic carbocycles. The van der Waals surface area contributed by atoms with Crippen molar-refractivity contribution in [1.29, 1.82) is 0 Å². The summed E-state index contributed by atoms with van der Waals surface area (Å²) >= 11 is 0. The lowest BCUT2D eigenvalue weighted by Crippen LogP contribution is -2.12. The number of aromatic amines is 1. The van der Waals surface area contributed by atoms with E-state index in [4.69, 9.17) is 4.98 Å². The topological polar surface area (TPSA) is 75.6 Å². The van der Waals surface area contributed by atoms with E-state index < -0.39 is 0 Å². The smallest absolute Gasteiger partial charge is 0.251 e. The molecular weight excluding hydrogens is 314 g/mol. The van der Waals surface area contributed by atoms with Crippen molar-refractivity contribution in [2.45, 2.75) is 6.54 Å². The van der Waals surface area contributed by atoms with Crippen molar-refractivity contribution < 1.29 is 4.79 Å². The van der Waals surface area contributed by atoms with Crippen LogP contribution >= 0.6 is 0 Å². The molecule has 2 N–H and O–H groups in total. The van der Waals surface area contributed by atoms with Crippen LogP contribution < -0.4 is 5.32 Å². The molecule has 1 amide bonds. The summed E-state index contributed by atoms with van der Waals surface area (Å²) in [5, 5.41) is 8.11.